The van der Waals surface area contributed by atoms with Crippen molar-refractivity contribution in [3.05, 3.63) is 0 Å². The van der Waals surface area contributed by atoms with Gasteiger partial charge in [0.05, 0.1) is 18.4 Å². The van der Waals surface area contributed by atoms with Crippen molar-refractivity contribution in [2.45, 2.75) is 51.5 Å². The minimum absolute atomic E-state index is 0.0212. The molecule has 6 heteroatoms. The monoisotopic (exact) mass is 296 g/mol. The third-order valence-corrected chi connectivity index (χ3v) is 4.33. The summed E-state index contributed by atoms with van der Waals surface area (Å²) in [5.74, 6) is -0.210. The molecular formula is C15H24N2O4. The number of hydrogen-bond acceptors (Lipinski definition) is 4. The summed E-state index contributed by atoms with van der Waals surface area (Å²) in [4.78, 5) is 34.9. The summed E-state index contributed by atoms with van der Waals surface area (Å²) in [5.41, 5.74) is 0. The first-order chi connectivity index (χ1) is 10.1. The number of amides is 2. The maximum Gasteiger partial charge on any atom is 0.308 e. The number of carbonyl (C=O) groups excluding carboxylic acids is 3. The molecule has 0 aromatic rings. The number of hydrogen-bond donors (Lipinski definition) is 2. The van der Waals surface area contributed by atoms with Crippen LogP contribution in [-0.2, 0) is 19.1 Å². The van der Waals surface area contributed by atoms with Crippen LogP contribution in [0.25, 0.3) is 0 Å². The molecule has 0 aromatic carbocycles. The molecule has 0 bridgehead atoms. The molecule has 1 saturated heterocycles. The average molecular weight is 296 g/mol. The first kappa shape index (κ1) is 15.8. The van der Waals surface area contributed by atoms with Crippen molar-refractivity contribution in [2.75, 3.05) is 13.2 Å². The maximum atomic E-state index is 12.1. The molecule has 2 N–H and O–H groups in total. The van der Waals surface area contributed by atoms with Gasteiger partial charge in [-0.15, -0.1) is 0 Å². The van der Waals surface area contributed by atoms with E-state index in [1.165, 1.54) is 0 Å². The first-order valence-corrected chi connectivity index (χ1v) is 7.83. The average Bonchev–Trinajstić information content (AvgIpc) is 2.49. The molecule has 1 aliphatic heterocycles. The van der Waals surface area contributed by atoms with Crippen LogP contribution in [0.2, 0.25) is 0 Å². The second-order valence-electron chi connectivity index (χ2n) is 5.85. The Labute approximate surface area is 125 Å². The van der Waals surface area contributed by atoms with Crippen LogP contribution in [0.4, 0.5) is 0 Å². The standard InChI is InChI=1S/C15H24N2O4/c1-2-21-15(20)10-3-6-12(7-4-10)17-14(19)11-5-8-13(18)16-9-11/h10-12H,2-9H2,1H3,(H,16,18)(H,17,19). The van der Waals surface area contributed by atoms with Crippen LogP contribution in [-0.4, -0.2) is 37.0 Å². The second-order valence-corrected chi connectivity index (χ2v) is 5.85. The van der Waals surface area contributed by atoms with Gasteiger partial charge < -0.3 is 15.4 Å². The Morgan fingerprint density at radius 2 is 1.90 bits per heavy atom. The number of piperidine rings is 1. The van der Waals surface area contributed by atoms with Crippen molar-refractivity contribution in [3.8, 4) is 0 Å². The fourth-order valence-electron chi connectivity index (χ4n) is 3.01. The van der Waals surface area contributed by atoms with Crippen LogP contribution >= 0.6 is 0 Å². The molecule has 2 fully saturated rings. The fourth-order valence-corrected chi connectivity index (χ4v) is 3.01. The minimum atomic E-state index is -0.120. The van der Waals surface area contributed by atoms with Gasteiger partial charge in [0.25, 0.3) is 0 Å². The highest BCUT2D eigenvalue weighted by Gasteiger charge is 2.30. The predicted molar refractivity (Wildman–Crippen MR) is 76.3 cm³/mol. The molecule has 0 radical (unpaired) electrons. The highest BCUT2D eigenvalue weighted by atomic mass is 16.5. The Balaban J connectivity index is 1.72. The van der Waals surface area contributed by atoms with Crippen molar-refractivity contribution in [2.24, 2.45) is 11.8 Å². The molecule has 2 aliphatic rings. The van der Waals surface area contributed by atoms with E-state index in [0.29, 0.717) is 26.0 Å². The predicted octanol–water partition coefficient (Wildman–Crippen LogP) is 0.751. The molecule has 118 valence electrons. The topological polar surface area (TPSA) is 84.5 Å². The molecular weight excluding hydrogens is 272 g/mol. The van der Waals surface area contributed by atoms with Crippen LogP contribution in [0.15, 0.2) is 0 Å². The summed E-state index contributed by atoms with van der Waals surface area (Å²) >= 11 is 0. The van der Waals surface area contributed by atoms with Gasteiger partial charge >= 0.3 is 5.97 Å². The Morgan fingerprint density at radius 1 is 1.19 bits per heavy atom. The van der Waals surface area contributed by atoms with Crippen molar-refractivity contribution < 1.29 is 19.1 Å². The number of nitrogens with one attached hydrogen (secondary N) is 2. The zero-order chi connectivity index (χ0) is 15.2. The van der Waals surface area contributed by atoms with E-state index in [-0.39, 0.29) is 35.7 Å². The lowest BCUT2D eigenvalue weighted by Crippen LogP contribution is -2.47. The molecule has 21 heavy (non-hydrogen) atoms. The highest BCUT2D eigenvalue weighted by molar-refractivity contribution is 5.83. The zero-order valence-corrected chi connectivity index (χ0v) is 12.5. The van der Waals surface area contributed by atoms with Gasteiger partial charge in [0.2, 0.25) is 11.8 Å². The molecule has 6 nitrogen and oxygen atoms in total. The lowest BCUT2D eigenvalue weighted by molar-refractivity contribution is -0.149. The summed E-state index contributed by atoms with van der Waals surface area (Å²) in [6.45, 7) is 2.67. The van der Waals surface area contributed by atoms with E-state index < -0.39 is 0 Å². The Bertz CT molecular complexity index is 392. The van der Waals surface area contributed by atoms with Crippen LogP contribution < -0.4 is 10.6 Å². The number of esters is 1. The van der Waals surface area contributed by atoms with E-state index in [9.17, 15) is 14.4 Å². The largest absolute Gasteiger partial charge is 0.466 e. The smallest absolute Gasteiger partial charge is 0.308 e. The molecule has 1 atom stereocenters. The summed E-state index contributed by atoms with van der Waals surface area (Å²) in [6.07, 6.45) is 4.21. The van der Waals surface area contributed by atoms with Gasteiger partial charge in [-0.05, 0) is 39.0 Å². The van der Waals surface area contributed by atoms with Gasteiger partial charge in [-0.3, -0.25) is 14.4 Å². The molecule has 1 unspecified atom stereocenters. The normalized spacial score (nSPS) is 29.4. The summed E-state index contributed by atoms with van der Waals surface area (Å²) in [5, 5.41) is 5.78. The second kappa shape index (κ2) is 7.43. The van der Waals surface area contributed by atoms with Crippen molar-refractivity contribution in [3.63, 3.8) is 0 Å². The van der Waals surface area contributed by atoms with E-state index in [4.69, 9.17) is 4.74 Å². The van der Waals surface area contributed by atoms with Crippen molar-refractivity contribution in [1.29, 1.82) is 0 Å². The van der Waals surface area contributed by atoms with Crippen LogP contribution in [0.5, 0.6) is 0 Å². The summed E-state index contributed by atoms with van der Waals surface area (Å²) in [6, 6.07) is 0.140. The Hall–Kier alpha value is -1.59. The van der Waals surface area contributed by atoms with Gasteiger partial charge in [0.15, 0.2) is 0 Å². The molecule has 0 aromatic heterocycles. The highest BCUT2D eigenvalue weighted by Crippen LogP contribution is 2.26. The van der Waals surface area contributed by atoms with Gasteiger partial charge in [0, 0.05) is 19.0 Å². The van der Waals surface area contributed by atoms with Crippen LogP contribution in [0.1, 0.15) is 45.4 Å². The molecule has 1 aliphatic carbocycles. The number of rotatable bonds is 4. The zero-order valence-electron chi connectivity index (χ0n) is 12.5. The van der Waals surface area contributed by atoms with E-state index in [0.717, 1.165) is 25.7 Å². The third kappa shape index (κ3) is 4.44. The van der Waals surface area contributed by atoms with Gasteiger partial charge in [0.1, 0.15) is 0 Å². The Morgan fingerprint density at radius 3 is 2.48 bits per heavy atom. The summed E-state index contributed by atoms with van der Waals surface area (Å²) < 4.78 is 5.04. The van der Waals surface area contributed by atoms with Crippen molar-refractivity contribution in [1.82, 2.24) is 10.6 Å². The van der Waals surface area contributed by atoms with E-state index in [2.05, 4.69) is 10.6 Å². The Kier molecular flexibility index (Phi) is 5.59. The summed E-state index contributed by atoms with van der Waals surface area (Å²) in [7, 11) is 0. The van der Waals surface area contributed by atoms with Crippen LogP contribution in [0, 0.1) is 11.8 Å². The minimum Gasteiger partial charge on any atom is -0.466 e. The quantitative estimate of drug-likeness (QED) is 0.750. The number of ether oxygens (including phenoxy) is 1. The molecule has 0 spiro atoms. The molecule has 2 amide bonds. The van der Waals surface area contributed by atoms with E-state index >= 15 is 0 Å². The molecule has 2 rings (SSSR count). The SMILES string of the molecule is CCOC(=O)C1CCC(NC(=O)C2CCC(=O)NC2)CC1. The van der Waals surface area contributed by atoms with Gasteiger partial charge in [-0.2, -0.15) is 0 Å². The first-order valence-electron chi connectivity index (χ1n) is 7.83. The molecule has 1 saturated carbocycles. The van der Waals surface area contributed by atoms with Crippen LogP contribution in [0.3, 0.4) is 0 Å². The number of carbonyl (C=O) groups is 3. The van der Waals surface area contributed by atoms with E-state index in [1.807, 2.05) is 6.92 Å². The van der Waals surface area contributed by atoms with Gasteiger partial charge in [-0.25, -0.2) is 0 Å². The van der Waals surface area contributed by atoms with E-state index in [1.54, 1.807) is 0 Å². The van der Waals surface area contributed by atoms with Crippen molar-refractivity contribution >= 4 is 17.8 Å². The lowest BCUT2D eigenvalue weighted by Gasteiger charge is -2.30. The van der Waals surface area contributed by atoms with Gasteiger partial charge in [-0.1, -0.05) is 0 Å². The fraction of sp³-hybridized carbons (Fsp3) is 0.800. The third-order valence-electron chi connectivity index (χ3n) is 4.33. The lowest BCUT2D eigenvalue weighted by atomic mass is 9.85. The molecule has 1 heterocycles. The maximum absolute atomic E-state index is 12.1.